The minimum atomic E-state index is 0.00506. The normalized spacial score (nSPS) is 17.5. The predicted molar refractivity (Wildman–Crippen MR) is 91.6 cm³/mol. The maximum Gasteiger partial charge on any atom is 0.224 e. The summed E-state index contributed by atoms with van der Waals surface area (Å²) in [6.45, 7) is 3.95. The lowest BCUT2D eigenvalue weighted by molar-refractivity contribution is -0.120. The van der Waals surface area contributed by atoms with Gasteiger partial charge in [-0.2, -0.15) is 0 Å². The molecule has 0 bridgehead atoms. The summed E-state index contributed by atoms with van der Waals surface area (Å²) in [5.41, 5.74) is 3.02. The first-order valence-corrected chi connectivity index (χ1v) is 8.43. The molecule has 1 aliphatic heterocycles. The highest BCUT2D eigenvalue weighted by Crippen LogP contribution is 2.22. The molecule has 5 heteroatoms. The average molecular weight is 325 g/mol. The van der Waals surface area contributed by atoms with Crippen molar-refractivity contribution >= 4 is 5.91 Å². The Hall–Kier alpha value is -2.27. The van der Waals surface area contributed by atoms with E-state index in [1.807, 2.05) is 37.3 Å². The third-order valence-corrected chi connectivity index (χ3v) is 4.34. The van der Waals surface area contributed by atoms with E-state index in [9.17, 15) is 4.79 Å². The Balaban J connectivity index is 1.56. The number of ether oxygens (including phenoxy) is 1. The Morgan fingerprint density at radius 3 is 3.00 bits per heavy atom. The van der Waals surface area contributed by atoms with Gasteiger partial charge in [0.1, 0.15) is 5.82 Å². The zero-order valence-corrected chi connectivity index (χ0v) is 14.0. The van der Waals surface area contributed by atoms with Gasteiger partial charge < -0.3 is 10.1 Å². The maximum atomic E-state index is 12.2. The van der Waals surface area contributed by atoms with Gasteiger partial charge in [-0.15, -0.1) is 0 Å². The first-order valence-electron chi connectivity index (χ1n) is 8.43. The molecule has 1 amide bonds. The topological polar surface area (TPSA) is 64.1 Å². The number of nitrogens with zero attached hydrogens (tertiary/aromatic N) is 2. The number of rotatable bonds is 5. The summed E-state index contributed by atoms with van der Waals surface area (Å²) in [4.78, 5) is 21.1. The SMILES string of the molecule is Cc1ccccc1CC(=O)NCc1ccnc([C@H]2CCCOC2)n1. The van der Waals surface area contributed by atoms with Gasteiger partial charge in [-0.1, -0.05) is 24.3 Å². The lowest BCUT2D eigenvalue weighted by Gasteiger charge is -2.20. The van der Waals surface area contributed by atoms with E-state index in [1.54, 1.807) is 6.20 Å². The third-order valence-electron chi connectivity index (χ3n) is 4.34. The number of carbonyl (C=O) groups excluding carboxylic acids is 1. The molecular formula is C19H23N3O2. The molecule has 1 N–H and O–H groups in total. The molecule has 1 saturated heterocycles. The molecule has 1 aliphatic rings. The maximum absolute atomic E-state index is 12.2. The van der Waals surface area contributed by atoms with Gasteiger partial charge in [-0.25, -0.2) is 9.97 Å². The summed E-state index contributed by atoms with van der Waals surface area (Å²) < 4.78 is 5.50. The van der Waals surface area contributed by atoms with Crippen molar-refractivity contribution in [3.8, 4) is 0 Å². The molecule has 126 valence electrons. The van der Waals surface area contributed by atoms with E-state index in [2.05, 4.69) is 15.3 Å². The van der Waals surface area contributed by atoms with Crippen molar-refractivity contribution in [2.75, 3.05) is 13.2 Å². The van der Waals surface area contributed by atoms with Crippen molar-refractivity contribution in [3.05, 3.63) is 59.2 Å². The number of aromatic nitrogens is 2. The van der Waals surface area contributed by atoms with Crippen LogP contribution in [-0.4, -0.2) is 29.1 Å². The number of hydrogen-bond donors (Lipinski definition) is 1. The fraction of sp³-hybridized carbons (Fsp3) is 0.421. The van der Waals surface area contributed by atoms with Crippen LogP contribution in [-0.2, 0) is 22.5 Å². The smallest absolute Gasteiger partial charge is 0.224 e. The third kappa shape index (κ3) is 4.38. The minimum absolute atomic E-state index is 0.00506. The molecule has 2 heterocycles. The van der Waals surface area contributed by atoms with Crippen LogP contribution in [0.25, 0.3) is 0 Å². The van der Waals surface area contributed by atoms with E-state index in [4.69, 9.17) is 4.74 Å². The van der Waals surface area contributed by atoms with Crippen molar-refractivity contribution in [1.29, 1.82) is 0 Å². The monoisotopic (exact) mass is 325 g/mol. The zero-order chi connectivity index (χ0) is 16.8. The Labute approximate surface area is 142 Å². The van der Waals surface area contributed by atoms with Gasteiger partial charge in [0.05, 0.1) is 25.3 Å². The fourth-order valence-corrected chi connectivity index (χ4v) is 2.89. The van der Waals surface area contributed by atoms with Crippen molar-refractivity contribution < 1.29 is 9.53 Å². The van der Waals surface area contributed by atoms with Crippen LogP contribution in [0.3, 0.4) is 0 Å². The summed E-state index contributed by atoms with van der Waals surface area (Å²) in [5, 5.41) is 2.94. The van der Waals surface area contributed by atoms with E-state index in [0.717, 1.165) is 42.1 Å². The van der Waals surface area contributed by atoms with Crippen molar-refractivity contribution in [3.63, 3.8) is 0 Å². The minimum Gasteiger partial charge on any atom is -0.381 e. The highest BCUT2D eigenvalue weighted by atomic mass is 16.5. The number of amides is 1. The molecule has 0 unspecified atom stereocenters. The first-order chi connectivity index (χ1) is 11.7. The van der Waals surface area contributed by atoms with Crippen LogP contribution < -0.4 is 5.32 Å². The summed E-state index contributed by atoms with van der Waals surface area (Å²) in [6, 6.07) is 9.79. The summed E-state index contributed by atoms with van der Waals surface area (Å²) >= 11 is 0. The summed E-state index contributed by atoms with van der Waals surface area (Å²) in [5.74, 6) is 1.09. The zero-order valence-electron chi connectivity index (χ0n) is 14.0. The Morgan fingerprint density at radius 1 is 1.33 bits per heavy atom. The van der Waals surface area contributed by atoms with Gasteiger partial charge in [0.25, 0.3) is 0 Å². The van der Waals surface area contributed by atoms with Crippen molar-refractivity contribution in [2.45, 2.75) is 38.6 Å². The highest BCUT2D eigenvalue weighted by Gasteiger charge is 2.18. The molecule has 5 nitrogen and oxygen atoms in total. The van der Waals surface area contributed by atoms with Gasteiger partial charge in [0.2, 0.25) is 5.91 Å². The average Bonchev–Trinajstić information content (AvgIpc) is 2.63. The second-order valence-electron chi connectivity index (χ2n) is 6.20. The largest absolute Gasteiger partial charge is 0.381 e. The van der Waals surface area contributed by atoms with Crippen molar-refractivity contribution in [1.82, 2.24) is 15.3 Å². The predicted octanol–water partition coefficient (Wildman–Crippen LogP) is 2.54. The molecule has 0 aliphatic carbocycles. The molecule has 0 spiro atoms. The van der Waals surface area contributed by atoms with E-state index in [0.29, 0.717) is 19.6 Å². The molecule has 2 aromatic rings. The van der Waals surface area contributed by atoms with Crippen molar-refractivity contribution in [2.24, 2.45) is 0 Å². The molecule has 1 aromatic heterocycles. The number of aryl methyl sites for hydroxylation is 1. The quantitative estimate of drug-likeness (QED) is 0.917. The number of hydrogen-bond acceptors (Lipinski definition) is 4. The van der Waals surface area contributed by atoms with Crippen LogP contribution in [0.1, 0.15) is 41.4 Å². The van der Waals surface area contributed by atoms with E-state index < -0.39 is 0 Å². The fourth-order valence-electron chi connectivity index (χ4n) is 2.89. The lowest BCUT2D eigenvalue weighted by Crippen LogP contribution is -2.26. The number of nitrogens with one attached hydrogen (secondary N) is 1. The van der Waals surface area contributed by atoms with Crippen LogP contribution in [0.2, 0.25) is 0 Å². The Morgan fingerprint density at radius 2 is 2.21 bits per heavy atom. The van der Waals surface area contributed by atoms with Crippen LogP contribution in [0.4, 0.5) is 0 Å². The molecule has 24 heavy (non-hydrogen) atoms. The molecule has 1 fully saturated rings. The summed E-state index contributed by atoms with van der Waals surface area (Å²) in [7, 11) is 0. The van der Waals surface area contributed by atoms with E-state index in [1.165, 1.54) is 0 Å². The molecule has 0 radical (unpaired) electrons. The second-order valence-corrected chi connectivity index (χ2v) is 6.20. The number of benzene rings is 1. The Bertz CT molecular complexity index is 697. The highest BCUT2D eigenvalue weighted by molar-refractivity contribution is 5.78. The molecule has 0 saturated carbocycles. The van der Waals surface area contributed by atoms with Crippen LogP contribution in [0.5, 0.6) is 0 Å². The van der Waals surface area contributed by atoms with Gasteiger partial charge >= 0.3 is 0 Å². The first kappa shape index (κ1) is 16.6. The molecule has 1 atom stereocenters. The number of carbonyl (C=O) groups is 1. The molecular weight excluding hydrogens is 302 g/mol. The van der Waals surface area contributed by atoms with Gasteiger partial charge in [0.15, 0.2) is 0 Å². The molecule has 3 rings (SSSR count). The van der Waals surface area contributed by atoms with Gasteiger partial charge in [0, 0.05) is 18.7 Å². The van der Waals surface area contributed by atoms with Gasteiger partial charge in [-0.3, -0.25) is 4.79 Å². The second kappa shape index (κ2) is 8.02. The summed E-state index contributed by atoms with van der Waals surface area (Å²) in [6.07, 6.45) is 4.26. The lowest BCUT2D eigenvalue weighted by atomic mass is 10.0. The van der Waals surface area contributed by atoms with Gasteiger partial charge in [-0.05, 0) is 37.0 Å². The Kier molecular flexibility index (Phi) is 5.54. The standard InChI is InChI=1S/C19H23N3O2/c1-14-5-2-3-6-15(14)11-18(23)21-12-17-8-9-20-19(22-17)16-7-4-10-24-13-16/h2-3,5-6,8-9,16H,4,7,10-13H2,1H3,(H,21,23)/t16-/m0/s1. The van der Waals surface area contributed by atoms with E-state index >= 15 is 0 Å². The molecule has 1 aromatic carbocycles. The van der Waals surface area contributed by atoms with Crippen LogP contribution >= 0.6 is 0 Å². The van der Waals surface area contributed by atoms with Crippen LogP contribution in [0, 0.1) is 6.92 Å². The van der Waals surface area contributed by atoms with E-state index in [-0.39, 0.29) is 11.8 Å². The van der Waals surface area contributed by atoms with Crippen LogP contribution in [0.15, 0.2) is 36.5 Å².